The summed E-state index contributed by atoms with van der Waals surface area (Å²) in [6.45, 7) is 0.511. The van der Waals surface area contributed by atoms with Crippen molar-refractivity contribution in [3.05, 3.63) is 53.9 Å². The summed E-state index contributed by atoms with van der Waals surface area (Å²) in [5.41, 5.74) is 8.16. The predicted molar refractivity (Wildman–Crippen MR) is 102 cm³/mol. The molecule has 2 amide bonds. The average Bonchev–Trinajstić information content (AvgIpc) is 2.67. The number of hydrogen-bond donors (Lipinski definition) is 3. The van der Waals surface area contributed by atoms with Crippen molar-refractivity contribution >= 4 is 23.2 Å². The molecule has 0 saturated heterocycles. The number of benzene rings is 1. The highest BCUT2D eigenvalue weighted by Crippen LogP contribution is 2.25. The number of primary amides is 1. The number of pyridine rings is 1. The lowest BCUT2D eigenvalue weighted by Crippen LogP contribution is -2.24. The standard InChI is InChI=1S/C20H24N4O2/c21-19(25)17-13-22-10-9-18(17)23-12-14-5-4-8-16(11-14)24-20(26)15-6-2-1-3-7-15/h4-5,8-11,13,15H,1-3,6-7,12H2,(H2,21,25)(H,22,23)(H,24,26). The van der Waals surface area contributed by atoms with Gasteiger partial charge in [-0.15, -0.1) is 0 Å². The SMILES string of the molecule is NC(=O)c1cnccc1NCc1cccc(NC(=O)C2CCCCC2)c1. The Bertz CT molecular complexity index is 785. The normalized spacial score (nSPS) is 14.6. The first-order valence-electron chi connectivity index (χ1n) is 9.01. The quantitative estimate of drug-likeness (QED) is 0.743. The zero-order valence-electron chi connectivity index (χ0n) is 14.7. The molecule has 1 aliphatic carbocycles. The molecule has 1 heterocycles. The van der Waals surface area contributed by atoms with Crippen molar-refractivity contribution in [3.63, 3.8) is 0 Å². The van der Waals surface area contributed by atoms with Crippen molar-refractivity contribution in [3.8, 4) is 0 Å². The number of aromatic nitrogens is 1. The second-order valence-corrected chi connectivity index (χ2v) is 6.66. The molecule has 6 heteroatoms. The molecule has 1 saturated carbocycles. The van der Waals surface area contributed by atoms with E-state index in [1.807, 2.05) is 24.3 Å². The van der Waals surface area contributed by atoms with Crippen molar-refractivity contribution < 1.29 is 9.59 Å². The third-order valence-electron chi connectivity index (χ3n) is 4.74. The largest absolute Gasteiger partial charge is 0.380 e. The van der Waals surface area contributed by atoms with E-state index in [-0.39, 0.29) is 11.8 Å². The molecule has 0 atom stereocenters. The van der Waals surface area contributed by atoms with Gasteiger partial charge in [0.1, 0.15) is 0 Å². The van der Waals surface area contributed by atoms with E-state index in [1.54, 1.807) is 12.3 Å². The fourth-order valence-electron chi connectivity index (χ4n) is 3.31. The summed E-state index contributed by atoms with van der Waals surface area (Å²) >= 11 is 0. The Balaban J connectivity index is 1.62. The van der Waals surface area contributed by atoms with E-state index in [9.17, 15) is 9.59 Å². The number of nitrogens with one attached hydrogen (secondary N) is 2. The lowest BCUT2D eigenvalue weighted by molar-refractivity contribution is -0.120. The molecule has 0 radical (unpaired) electrons. The first kappa shape index (κ1) is 17.9. The highest BCUT2D eigenvalue weighted by atomic mass is 16.2. The van der Waals surface area contributed by atoms with E-state index in [0.29, 0.717) is 17.8 Å². The molecule has 6 nitrogen and oxygen atoms in total. The van der Waals surface area contributed by atoms with Gasteiger partial charge in [0, 0.05) is 30.5 Å². The van der Waals surface area contributed by atoms with Gasteiger partial charge in [0.2, 0.25) is 5.91 Å². The van der Waals surface area contributed by atoms with E-state index in [0.717, 1.165) is 36.9 Å². The molecular formula is C20H24N4O2. The van der Waals surface area contributed by atoms with Gasteiger partial charge in [0.25, 0.3) is 5.91 Å². The van der Waals surface area contributed by atoms with Crippen LogP contribution in [-0.2, 0) is 11.3 Å². The Morgan fingerprint density at radius 3 is 2.73 bits per heavy atom. The summed E-state index contributed by atoms with van der Waals surface area (Å²) in [5, 5.41) is 6.23. The van der Waals surface area contributed by atoms with Crippen LogP contribution in [0.4, 0.5) is 11.4 Å². The van der Waals surface area contributed by atoms with Crippen molar-refractivity contribution in [2.24, 2.45) is 11.7 Å². The van der Waals surface area contributed by atoms with E-state index in [2.05, 4.69) is 15.6 Å². The summed E-state index contributed by atoms with van der Waals surface area (Å²) in [5.74, 6) is -0.283. The van der Waals surface area contributed by atoms with Crippen LogP contribution in [0.2, 0.25) is 0 Å². The molecule has 0 spiro atoms. The van der Waals surface area contributed by atoms with Gasteiger partial charge in [-0.05, 0) is 36.6 Å². The van der Waals surface area contributed by atoms with Crippen molar-refractivity contribution in [1.29, 1.82) is 0 Å². The summed E-state index contributed by atoms with van der Waals surface area (Å²) in [6, 6.07) is 9.43. The molecule has 0 unspecified atom stereocenters. The second-order valence-electron chi connectivity index (χ2n) is 6.66. The number of nitrogens with two attached hydrogens (primary N) is 1. The number of carbonyl (C=O) groups excluding carboxylic acids is 2. The van der Waals surface area contributed by atoms with Crippen LogP contribution in [0.1, 0.15) is 48.0 Å². The highest BCUT2D eigenvalue weighted by molar-refractivity contribution is 5.98. The number of hydrogen-bond acceptors (Lipinski definition) is 4. The van der Waals surface area contributed by atoms with Crippen LogP contribution < -0.4 is 16.4 Å². The summed E-state index contributed by atoms with van der Waals surface area (Å²) in [4.78, 5) is 27.8. The highest BCUT2D eigenvalue weighted by Gasteiger charge is 2.21. The maximum Gasteiger partial charge on any atom is 0.252 e. The van der Waals surface area contributed by atoms with E-state index < -0.39 is 5.91 Å². The van der Waals surface area contributed by atoms with Gasteiger partial charge in [-0.1, -0.05) is 31.4 Å². The van der Waals surface area contributed by atoms with Crippen molar-refractivity contribution in [1.82, 2.24) is 4.98 Å². The summed E-state index contributed by atoms with van der Waals surface area (Å²) < 4.78 is 0. The Morgan fingerprint density at radius 1 is 1.15 bits per heavy atom. The number of rotatable bonds is 6. The van der Waals surface area contributed by atoms with Gasteiger partial charge in [-0.2, -0.15) is 0 Å². The minimum Gasteiger partial charge on any atom is -0.380 e. The number of carbonyl (C=O) groups is 2. The van der Waals surface area contributed by atoms with Gasteiger partial charge in [0.15, 0.2) is 0 Å². The molecule has 1 fully saturated rings. The topological polar surface area (TPSA) is 97.1 Å². The minimum absolute atomic E-state index is 0.111. The van der Waals surface area contributed by atoms with Crippen molar-refractivity contribution in [2.75, 3.05) is 10.6 Å². The molecule has 4 N–H and O–H groups in total. The Hall–Kier alpha value is -2.89. The van der Waals surface area contributed by atoms with Crippen LogP contribution in [0.25, 0.3) is 0 Å². The van der Waals surface area contributed by atoms with Gasteiger partial charge >= 0.3 is 0 Å². The van der Waals surface area contributed by atoms with Crippen LogP contribution in [0.5, 0.6) is 0 Å². The minimum atomic E-state index is -0.519. The third kappa shape index (κ3) is 4.59. The van der Waals surface area contributed by atoms with Gasteiger partial charge < -0.3 is 16.4 Å². The van der Waals surface area contributed by atoms with Crippen LogP contribution in [0, 0.1) is 5.92 Å². The molecular weight excluding hydrogens is 328 g/mol. The summed E-state index contributed by atoms with van der Waals surface area (Å²) in [7, 11) is 0. The van der Waals surface area contributed by atoms with Gasteiger partial charge in [0.05, 0.1) is 11.3 Å². The Morgan fingerprint density at radius 2 is 1.96 bits per heavy atom. The third-order valence-corrected chi connectivity index (χ3v) is 4.74. The lowest BCUT2D eigenvalue weighted by Gasteiger charge is -2.21. The van der Waals surface area contributed by atoms with Gasteiger partial charge in [-0.3, -0.25) is 14.6 Å². The van der Waals surface area contributed by atoms with Crippen LogP contribution in [-0.4, -0.2) is 16.8 Å². The van der Waals surface area contributed by atoms with Gasteiger partial charge in [-0.25, -0.2) is 0 Å². The Kier molecular flexibility index (Phi) is 5.84. The van der Waals surface area contributed by atoms with Crippen LogP contribution in [0.3, 0.4) is 0 Å². The average molecular weight is 352 g/mol. The molecule has 3 rings (SSSR count). The molecule has 0 aliphatic heterocycles. The molecule has 1 aromatic heterocycles. The van der Waals surface area contributed by atoms with E-state index in [4.69, 9.17) is 5.73 Å². The van der Waals surface area contributed by atoms with E-state index >= 15 is 0 Å². The monoisotopic (exact) mass is 352 g/mol. The zero-order chi connectivity index (χ0) is 18.4. The smallest absolute Gasteiger partial charge is 0.252 e. The fraction of sp³-hybridized carbons (Fsp3) is 0.350. The molecule has 136 valence electrons. The number of anilines is 2. The predicted octanol–water partition coefficient (Wildman–Crippen LogP) is 3.31. The molecule has 0 bridgehead atoms. The maximum absolute atomic E-state index is 12.4. The zero-order valence-corrected chi connectivity index (χ0v) is 14.7. The molecule has 26 heavy (non-hydrogen) atoms. The molecule has 1 aliphatic rings. The number of nitrogens with zero attached hydrogens (tertiary/aromatic N) is 1. The first-order chi connectivity index (χ1) is 12.6. The van der Waals surface area contributed by atoms with Crippen molar-refractivity contribution in [2.45, 2.75) is 38.6 Å². The second kappa shape index (κ2) is 8.47. The van der Waals surface area contributed by atoms with E-state index in [1.165, 1.54) is 12.6 Å². The first-order valence-corrected chi connectivity index (χ1v) is 9.01. The number of amides is 2. The van der Waals surface area contributed by atoms with Crippen LogP contribution >= 0.6 is 0 Å². The molecule has 1 aromatic carbocycles. The lowest BCUT2D eigenvalue weighted by atomic mass is 9.88. The van der Waals surface area contributed by atoms with Crippen LogP contribution in [0.15, 0.2) is 42.7 Å². The fourth-order valence-corrected chi connectivity index (χ4v) is 3.31. The maximum atomic E-state index is 12.4. The Labute approximate surface area is 153 Å². The summed E-state index contributed by atoms with van der Waals surface area (Å²) in [6.07, 6.45) is 8.51. The molecule has 2 aromatic rings.